The molecule has 34 heavy (non-hydrogen) atoms. The number of ether oxygens (including phenoxy) is 1. The van der Waals surface area contributed by atoms with Gasteiger partial charge >= 0.3 is 0 Å². The van der Waals surface area contributed by atoms with Crippen molar-refractivity contribution in [3.05, 3.63) is 66.5 Å². The molecular formula is C26H35N5O2S. The quantitative estimate of drug-likeness (QED) is 0.267. The summed E-state index contributed by atoms with van der Waals surface area (Å²) in [6.45, 7) is 7.06. The third kappa shape index (κ3) is 8.41. The van der Waals surface area contributed by atoms with Crippen LogP contribution in [0.2, 0.25) is 0 Å². The number of hydrogen-bond acceptors (Lipinski definition) is 6. The van der Waals surface area contributed by atoms with Gasteiger partial charge in [0.25, 0.3) is 0 Å². The highest BCUT2D eigenvalue weighted by atomic mass is 32.2. The van der Waals surface area contributed by atoms with Crippen LogP contribution in [0.4, 0.5) is 5.69 Å². The van der Waals surface area contributed by atoms with Crippen LogP contribution in [0.3, 0.4) is 0 Å². The number of para-hydroxylation sites is 2. The number of hydrogen-bond donors (Lipinski definition) is 1. The summed E-state index contributed by atoms with van der Waals surface area (Å²) >= 11 is 1.42. The highest BCUT2D eigenvalue weighted by molar-refractivity contribution is 7.99. The fourth-order valence-corrected chi connectivity index (χ4v) is 4.16. The van der Waals surface area contributed by atoms with Gasteiger partial charge < -0.3 is 19.5 Å². The standard InChI is InChI=1S/C26H35N5O2S/c1-21(2)15-18-31-24(19-33-23-13-8-5-9-14-23)28-29-26(31)34-20-25(32)27-16-10-17-30(3)22-11-6-4-7-12-22/h4-9,11-14,21H,10,15-20H2,1-3H3,(H,27,32). The average Bonchev–Trinajstić information content (AvgIpc) is 3.25. The third-order valence-electron chi connectivity index (χ3n) is 5.36. The summed E-state index contributed by atoms with van der Waals surface area (Å²) in [6, 6.07) is 19.9. The molecule has 3 aromatic rings. The van der Waals surface area contributed by atoms with Crippen molar-refractivity contribution in [3.8, 4) is 5.75 Å². The number of carbonyl (C=O) groups excluding carboxylic acids is 1. The molecule has 2 aromatic carbocycles. The minimum Gasteiger partial charge on any atom is -0.486 e. The molecule has 0 aliphatic rings. The molecule has 0 saturated heterocycles. The number of anilines is 1. The Morgan fingerprint density at radius 1 is 1.09 bits per heavy atom. The maximum atomic E-state index is 12.4. The molecule has 3 rings (SSSR count). The SMILES string of the molecule is CC(C)CCn1c(COc2ccccc2)nnc1SCC(=O)NCCCN(C)c1ccccc1. The van der Waals surface area contributed by atoms with E-state index in [9.17, 15) is 4.79 Å². The van der Waals surface area contributed by atoms with Crippen molar-refractivity contribution in [2.24, 2.45) is 5.92 Å². The maximum absolute atomic E-state index is 12.4. The summed E-state index contributed by atoms with van der Waals surface area (Å²) in [4.78, 5) is 14.6. The Morgan fingerprint density at radius 2 is 1.79 bits per heavy atom. The molecule has 1 amide bonds. The normalized spacial score (nSPS) is 10.9. The molecule has 0 atom stereocenters. The molecular weight excluding hydrogens is 446 g/mol. The van der Waals surface area contributed by atoms with E-state index < -0.39 is 0 Å². The Balaban J connectivity index is 1.46. The predicted octanol–water partition coefficient (Wildman–Crippen LogP) is 4.64. The third-order valence-corrected chi connectivity index (χ3v) is 6.32. The minimum atomic E-state index is 0.00728. The van der Waals surface area contributed by atoms with Gasteiger partial charge in [0.15, 0.2) is 11.0 Å². The molecule has 1 aromatic heterocycles. The van der Waals surface area contributed by atoms with Crippen molar-refractivity contribution < 1.29 is 9.53 Å². The van der Waals surface area contributed by atoms with Crippen molar-refractivity contribution in [2.45, 2.75) is 45.0 Å². The highest BCUT2D eigenvalue weighted by Crippen LogP contribution is 2.20. The van der Waals surface area contributed by atoms with Gasteiger partial charge in [-0.15, -0.1) is 10.2 Å². The van der Waals surface area contributed by atoms with Crippen LogP contribution in [-0.4, -0.2) is 46.6 Å². The fraction of sp³-hybridized carbons (Fsp3) is 0.423. The van der Waals surface area contributed by atoms with Crippen molar-refractivity contribution in [1.29, 1.82) is 0 Å². The number of nitrogens with zero attached hydrogens (tertiary/aromatic N) is 4. The first-order chi connectivity index (χ1) is 16.5. The van der Waals surface area contributed by atoms with Crippen LogP contribution in [0.15, 0.2) is 65.8 Å². The maximum Gasteiger partial charge on any atom is 0.230 e. The summed E-state index contributed by atoms with van der Waals surface area (Å²) in [6.07, 6.45) is 1.89. The fourth-order valence-electron chi connectivity index (χ4n) is 3.35. The lowest BCUT2D eigenvalue weighted by Gasteiger charge is -2.19. The van der Waals surface area contributed by atoms with Crippen LogP contribution in [0, 0.1) is 5.92 Å². The number of aromatic nitrogens is 3. The molecule has 0 saturated carbocycles. The van der Waals surface area contributed by atoms with Gasteiger partial charge in [0.05, 0.1) is 5.75 Å². The first kappa shape index (κ1) is 25.6. The number of amides is 1. The van der Waals surface area contributed by atoms with Gasteiger partial charge in [-0.1, -0.05) is 62.0 Å². The van der Waals surface area contributed by atoms with Crippen molar-refractivity contribution in [1.82, 2.24) is 20.1 Å². The van der Waals surface area contributed by atoms with E-state index in [2.05, 4.69) is 58.0 Å². The molecule has 0 fully saturated rings. The molecule has 182 valence electrons. The van der Waals surface area contributed by atoms with E-state index in [0.717, 1.165) is 42.7 Å². The van der Waals surface area contributed by atoms with E-state index in [-0.39, 0.29) is 5.91 Å². The van der Waals surface area contributed by atoms with Crippen LogP contribution < -0.4 is 15.0 Å². The lowest BCUT2D eigenvalue weighted by atomic mass is 10.1. The lowest BCUT2D eigenvalue weighted by Crippen LogP contribution is -2.29. The van der Waals surface area contributed by atoms with Gasteiger partial charge in [-0.3, -0.25) is 4.79 Å². The highest BCUT2D eigenvalue weighted by Gasteiger charge is 2.15. The molecule has 0 aliphatic carbocycles. The summed E-state index contributed by atoms with van der Waals surface area (Å²) in [5.41, 5.74) is 1.18. The van der Waals surface area contributed by atoms with Crippen LogP contribution in [0.25, 0.3) is 0 Å². The largest absolute Gasteiger partial charge is 0.486 e. The average molecular weight is 482 g/mol. The topological polar surface area (TPSA) is 72.3 Å². The Bertz CT molecular complexity index is 995. The zero-order valence-corrected chi connectivity index (χ0v) is 21.1. The van der Waals surface area contributed by atoms with Crippen LogP contribution in [-0.2, 0) is 17.9 Å². The second-order valence-corrected chi connectivity index (χ2v) is 9.53. The number of rotatable bonds is 14. The van der Waals surface area contributed by atoms with Crippen molar-refractivity contribution in [3.63, 3.8) is 0 Å². The predicted molar refractivity (Wildman–Crippen MR) is 138 cm³/mol. The Hall–Kier alpha value is -3.00. The van der Waals surface area contributed by atoms with E-state index in [0.29, 0.717) is 24.8 Å². The number of nitrogens with one attached hydrogen (secondary N) is 1. The molecule has 0 aliphatic heterocycles. The zero-order chi connectivity index (χ0) is 24.2. The molecule has 7 nitrogen and oxygen atoms in total. The molecule has 0 bridgehead atoms. The van der Waals surface area contributed by atoms with Crippen LogP contribution in [0.5, 0.6) is 5.75 Å². The first-order valence-electron chi connectivity index (χ1n) is 11.8. The van der Waals surface area contributed by atoms with Gasteiger partial charge in [0, 0.05) is 32.4 Å². The molecule has 1 heterocycles. The molecule has 0 radical (unpaired) electrons. The second-order valence-electron chi connectivity index (χ2n) is 8.58. The van der Waals surface area contributed by atoms with E-state index in [1.807, 2.05) is 48.5 Å². The Kier molecular flexibility index (Phi) is 10.3. The Morgan fingerprint density at radius 3 is 2.50 bits per heavy atom. The number of benzene rings is 2. The number of thioether (sulfide) groups is 1. The van der Waals surface area contributed by atoms with Crippen molar-refractivity contribution in [2.75, 3.05) is 30.8 Å². The molecule has 1 N–H and O–H groups in total. The molecule has 0 unspecified atom stereocenters. The van der Waals surface area contributed by atoms with E-state index in [1.165, 1.54) is 17.4 Å². The summed E-state index contributed by atoms with van der Waals surface area (Å²) in [7, 11) is 2.07. The number of carbonyl (C=O) groups is 1. The molecule has 0 spiro atoms. The Labute approximate surface area is 206 Å². The van der Waals surface area contributed by atoms with Gasteiger partial charge in [-0.2, -0.15) is 0 Å². The van der Waals surface area contributed by atoms with Gasteiger partial charge in [-0.05, 0) is 43.0 Å². The van der Waals surface area contributed by atoms with Gasteiger partial charge in [0.1, 0.15) is 12.4 Å². The first-order valence-corrected chi connectivity index (χ1v) is 12.8. The van der Waals surface area contributed by atoms with Crippen LogP contribution in [0.1, 0.15) is 32.5 Å². The lowest BCUT2D eigenvalue weighted by molar-refractivity contribution is -0.118. The molecule has 8 heteroatoms. The summed E-state index contributed by atoms with van der Waals surface area (Å²) in [5.74, 6) is 2.45. The van der Waals surface area contributed by atoms with E-state index in [4.69, 9.17) is 4.74 Å². The van der Waals surface area contributed by atoms with E-state index >= 15 is 0 Å². The van der Waals surface area contributed by atoms with Crippen LogP contribution >= 0.6 is 11.8 Å². The van der Waals surface area contributed by atoms with E-state index in [1.54, 1.807) is 0 Å². The second kappa shape index (κ2) is 13.6. The zero-order valence-electron chi connectivity index (χ0n) is 20.3. The monoisotopic (exact) mass is 481 g/mol. The van der Waals surface area contributed by atoms with Gasteiger partial charge in [0.2, 0.25) is 5.91 Å². The van der Waals surface area contributed by atoms with Crippen molar-refractivity contribution >= 4 is 23.4 Å². The minimum absolute atomic E-state index is 0.00728. The summed E-state index contributed by atoms with van der Waals surface area (Å²) < 4.78 is 7.96. The smallest absolute Gasteiger partial charge is 0.230 e. The van der Waals surface area contributed by atoms with Gasteiger partial charge in [-0.25, -0.2) is 0 Å². The summed E-state index contributed by atoms with van der Waals surface area (Å²) in [5, 5.41) is 12.5.